The highest BCUT2D eigenvalue weighted by Crippen LogP contribution is 2.21. The number of aromatic nitrogens is 1. The minimum Gasteiger partial charge on any atom is -0.369 e. The highest BCUT2D eigenvalue weighted by molar-refractivity contribution is 5.83. The summed E-state index contributed by atoms with van der Waals surface area (Å²) in [4.78, 5) is 32.1. The quantitative estimate of drug-likeness (QED) is 0.892. The fourth-order valence-corrected chi connectivity index (χ4v) is 3.56. The average Bonchev–Trinajstić information content (AvgIpc) is 2.61. The van der Waals surface area contributed by atoms with Gasteiger partial charge in [0, 0.05) is 31.7 Å². The number of rotatable bonds is 5. The molecule has 132 valence electrons. The number of carbonyl (C=O) groups is 2. The summed E-state index contributed by atoms with van der Waals surface area (Å²) in [5, 5.41) is 1.08. The van der Waals surface area contributed by atoms with E-state index in [0.29, 0.717) is 13.1 Å². The summed E-state index contributed by atoms with van der Waals surface area (Å²) in [5.74, 6) is -0.313. The number of hydrogen-bond donors (Lipinski definition) is 1. The molecule has 2 heterocycles. The SMILES string of the molecule is CN(Cc1cccc2cccnc12)C(=O)[C@@H]1CCCN(CC(N)=O)C1. The molecule has 0 saturated carbocycles. The molecule has 1 aliphatic heterocycles. The van der Waals surface area contributed by atoms with Crippen LogP contribution in [0.1, 0.15) is 18.4 Å². The number of amides is 2. The molecule has 1 saturated heterocycles. The Morgan fingerprint density at radius 2 is 2.12 bits per heavy atom. The first-order chi connectivity index (χ1) is 12.0. The number of primary amides is 1. The van der Waals surface area contributed by atoms with Crippen LogP contribution in [0.25, 0.3) is 10.9 Å². The summed E-state index contributed by atoms with van der Waals surface area (Å²) >= 11 is 0. The van der Waals surface area contributed by atoms with Gasteiger partial charge in [-0.25, -0.2) is 0 Å². The van der Waals surface area contributed by atoms with Crippen LogP contribution < -0.4 is 5.73 Å². The van der Waals surface area contributed by atoms with Crippen molar-refractivity contribution in [3.63, 3.8) is 0 Å². The summed E-state index contributed by atoms with van der Waals surface area (Å²) in [6.45, 7) is 2.17. The first kappa shape index (κ1) is 17.4. The molecule has 0 radical (unpaired) electrons. The first-order valence-electron chi connectivity index (χ1n) is 8.63. The van der Waals surface area contributed by atoms with Crippen molar-refractivity contribution in [1.29, 1.82) is 0 Å². The Balaban J connectivity index is 1.69. The van der Waals surface area contributed by atoms with Crippen molar-refractivity contribution >= 4 is 22.7 Å². The van der Waals surface area contributed by atoms with E-state index in [1.54, 1.807) is 11.1 Å². The molecule has 2 N–H and O–H groups in total. The maximum absolute atomic E-state index is 12.8. The van der Waals surface area contributed by atoms with Gasteiger partial charge >= 0.3 is 0 Å². The second kappa shape index (κ2) is 7.61. The molecule has 0 aliphatic carbocycles. The number of carbonyl (C=O) groups excluding carboxylic acids is 2. The summed E-state index contributed by atoms with van der Waals surface area (Å²) in [6.07, 6.45) is 3.54. The molecule has 1 aliphatic rings. The fourth-order valence-electron chi connectivity index (χ4n) is 3.56. The third-order valence-corrected chi connectivity index (χ3v) is 4.73. The van der Waals surface area contributed by atoms with Crippen LogP contribution in [0.2, 0.25) is 0 Å². The van der Waals surface area contributed by atoms with Crippen molar-refractivity contribution < 1.29 is 9.59 Å². The maximum atomic E-state index is 12.8. The topological polar surface area (TPSA) is 79.5 Å². The summed E-state index contributed by atoms with van der Waals surface area (Å²) in [6, 6.07) is 9.97. The van der Waals surface area contributed by atoms with Gasteiger partial charge in [0.05, 0.1) is 18.0 Å². The van der Waals surface area contributed by atoms with Crippen LogP contribution in [-0.4, -0.2) is 53.3 Å². The van der Waals surface area contributed by atoms with Crippen LogP contribution in [0.4, 0.5) is 0 Å². The largest absolute Gasteiger partial charge is 0.369 e. The molecular weight excluding hydrogens is 316 g/mol. The molecule has 1 aromatic carbocycles. The number of likely N-dealkylation sites (tertiary alicyclic amines) is 1. The van der Waals surface area contributed by atoms with E-state index in [9.17, 15) is 9.59 Å². The van der Waals surface area contributed by atoms with Gasteiger partial charge in [0.25, 0.3) is 0 Å². The summed E-state index contributed by atoms with van der Waals surface area (Å²) in [5.41, 5.74) is 7.25. The smallest absolute Gasteiger partial charge is 0.231 e. The zero-order chi connectivity index (χ0) is 17.8. The first-order valence-corrected chi connectivity index (χ1v) is 8.63. The fraction of sp³-hybridized carbons (Fsp3) is 0.421. The van der Waals surface area contributed by atoms with Crippen molar-refractivity contribution in [1.82, 2.24) is 14.8 Å². The van der Waals surface area contributed by atoms with Gasteiger partial charge < -0.3 is 10.6 Å². The zero-order valence-electron chi connectivity index (χ0n) is 14.5. The zero-order valence-corrected chi connectivity index (χ0v) is 14.5. The third kappa shape index (κ3) is 4.14. The lowest BCUT2D eigenvalue weighted by Crippen LogP contribution is -2.46. The van der Waals surface area contributed by atoms with Gasteiger partial charge in [-0.1, -0.05) is 24.3 Å². The van der Waals surface area contributed by atoms with Gasteiger partial charge in [0.1, 0.15) is 0 Å². The highest BCUT2D eigenvalue weighted by atomic mass is 16.2. The number of nitrogens with two attached hydrogens (primary N) is 1. The van der Waals surface area contributed by atoms with Crippen LogP contribution in [0.3, 0.4) is 0 Å². The van der Waals surface area contributed by atoms with Crippen molar-refractivity contribution in [2.24, 2.45) is 11.7 Å². The molecule has 6 heteroatoms. The third-order valence-electron chi connectivity index (χ3n) is 4.73. The number of nitrogens with zero attached hydrogens (tertiary/aromatic N) is 3. The van der Waals surface area contributed by atoms with E-state index in [-0.39, 0.29) is 24.3 Å². The molecule has 1 atom stereocenters. The highest BCUT2D eigenvalue weighted by Gasteiger charge is 2.28. The minimum absolute atomic E-state index is 0.0824. The Bertz CT molecular complexity index is 772. The van der Waals surface area contributed by atoms with Crippen molar-refractivity contribution in [2.75, 3.05) is 26.7 Å². The van der Waals surface area contributed by atoms with E-state index in [1.165, 1.54) is 0 Å². The number of para-hydroxylation sites is 1. The standard InChI is InChI=1S/C19H24N4O2/c1-22(11-15-6-2-5-14-7-3-9-21-18(14)15)19(25)16-8-4-10-23(12-16)13-17(20)24/h2-3,5-7,9,16H,4,8,10-13H2,1H3,(H2,20,24)/t16-/m1/s1. The van der Waals surface area contributed by atoms with Crippen molar-refractivity contribution in [3.8, 4) is 0 Å². The average molecular weight is 340 g/mol. The molecule has 1 fully saturated rings. The predicted octanol–water partition coefficient (Wildman–Crippen LogP) is 1.39. The van der Waals surface area contributed by atoms with Crippen LogP contribution in [0.15, 0.2) is 36.5 Å². The number of pyridine rings is 1. The molecule has 2 aromatic rings. The second-order valence-corrected chi connectivity index (χ2v) is 6.73. The number of fused-ring (bicyclic) bond motifs is 1. The van der Waals surface area contributed by atoms with Crippen molar-refractivity contribution in [2.45, 2.75) is 19.4 Å². The lowest BCUT2D eigenvalue weighted by molar-refractivity contribution is -0.137. The molecule has 0 bridgehead atoms. The Morgan fingerprint density at radius 1 is 1.32 bits per heavy atom. The molecule has 6 nitrogen and oxygen atoms in total. The van der Waals surface area contributed by atoms with E-state index in [0.717, 1.165) is 35.9 Å². The van der Waals surface area contributed by atoms with Crippen LogP contribution in [0, 0.1) is 5.92 Å². The monoisotopic (exact) mass is 340 g/mol. The predicted molar refractivity (Wildman–Crippen MR) is 96.6 cm³/mol. The van der Waals surface area contributed by atoms with Crippen molar-refractivity contribution in [3.05, 3.63) is 42.1 Å². The van der Waals surface area contributed by atoms with Gasteiger partial charge in [-0.3, -0.25) is 19.5 Å². The Hall–Kier alpha value is -2.47. The molecule has 2 amide bonds. The molecular formula is C19H24N4O2. The van der Waals surface area contributed by atoms with Crippen LogP contribution >= 0.6 is 0 Å². The molecule has 3 rings (SSSR count). The van der Waals surface area contributed by atoms with Gasteiger partial charge in [-0.2, -0.15) is 0 Å². The van der Waals surface area contributed by atoms with Crippen LogP contribution in [-0.2, 0) is 16.1 Å². The lowest BCUT2D eigenvalue weighted by atomic mass is 9.96. The van der Waals surface area contributed by atoms with E-state index < -0.39 is 0 Å². The van der Waals surface area contributed by atoms with Gasteiger partial charge in [0.2, 0.25) is 11.8 Å². The normalized spacial score (nSPS) is 18.2. The summed E-state index contributed by atoms with van der Waals surface area (Å²) < 4.78 is 0. The lowest BCUT2D eigenvalue weighted by Gasteiger charge is -2.33. The van der Waals surface area contributed by atoms with Gasteiger partial charge in [-0.05, 0) is 31.0 Å². The number of benzene rings is 1. The molecule has 0 unspecified atom stereocenters. The second-order valence-electron chi connectivity index (χ2n) is 6.73. The molecule has 25 heavy (non-hydrogen) atoms. The van der Waals surface area contributed by atoms with E-state index in [2.05, 4.69) is 4.98 Å². The van der Waals surface area contributed by atoms with Crippen LogP contribution in [0.5, 0.6) is 0 Å². The number of piperidine rings is 1. The Morgan fingerprint density at radius 3 is 2.92 bits per heavy atom. The van der Waals surface area contributed by atoms with Gasteiger partial charge in [0.15, 0.2) is 0 Å². The minimum atomic E-state index is -0.344. The van der Waals surface area contributed by atoms with Gasteiger partial charge in [-0.15, -0.1) is 0 Å². The number of hydrogen-bond acceptors (Lipinski definition) is 4. The van der Waals surface area contributed by atoms with E-state index >= 15 is 0 Å². The molecule has 1 aromatic heterocycles. The molecule has 0 spiro atoms. The van der Waals surface area contributed by atoms with E-state index in [1.807, 2.05) is 42.3 Å². The van der Waals surface area contributed by atoms with E-state index in [4.69, 9.17) is 5.73 Å². The Labute approximate surface area is 147 Å². The Kier molecular flexibility index (Phi) is 5.28. The summed E-state index contributed by atoms with van der Waals surface area (Å²) in [7, 11) is 1.83. The maximum Gasteiger partial charge on any atom is 0.231 e.